The maximum Gasteiger partial charge on any atom is 0.243 e. The Kier molecular flexibility index (Phi) is 5.84. The molecule has 2 fully saturated rings. The zero-order chi connectivity index (χ0) is 18.7. The highest BCUT2D eigenvalue weighted by Crippen LogP contribution is 2.28. The van der Waals surface area contributed by atoms with Crippen molar-refractivity contribution < 1.29 is 22.7 Å². The minimum atomic E-state index is -3.55. The van der Waals surface area contributed by atoms with E-state index in [-0.39, 0.29) is 16.7 Å². The molecule has 7 nitrogen and oxygen atoms in total. The highest BCUT2D eigenvalue weighted by atomic mass is 32.2. The number of aryl methyl sites for hydroxylation is 1. The van der Waals surface area contributed by atoms with Crippen molar-refractivity contribution in [3.05, 3.63) is 23.8 Å². The van der Waals surface area contributed by atoms with Crippen LogP contribution < -0.4 is 4.74 Å². The normalized spacial score (nSPS) is 20.2. The van der Waals surface area contributed by atoms with Crippen LogP contribution in [0.15, 0.2) is 23.1 Å². The zero-order valence-electron chi connectivity index (χ0n) is 15.3. The minimum Gasteiger partial charge on any atom is -0.496 e. The maximum absolute atomic E-state index is 12.9. The Morgan fingerprint density at radius 1 is 1.15 bits per heavy atom. The Bertz CT molecular complexity index is 751. The van der Waals surface area contributed by atoms with Gasteiger partial charge in [-0.2, -0.15) is 4.31 Å². The van der Waals surface area contributed by atoms with E-state index >= 15 is 0 Å². The van der Waals surface area contributed by atoms with E-state index in [1.54, 1.807) is 25.3 Å². The van der Waals surface area contributed by atoms with Gasteiger partial charge in [-0.3, -0.25) is 4.79 Å². The van der Waals surface area contributed by atoms with Gasteiger partial charge in [-0.25, -0.2) is 8.42 Å². The van der Waals surface area contributed by atoms with Crippen molar-refractivity contribution in [2.75, 3.05) is 46.5 Å². The first kappa shape index (κ1) is 19.1. The lowest BCUT2D eigenvalue weighted by atomic mass is 9.96. The molecule has 2 saturated heterocycles. The number of hydrogen-bond donors (Lipinski definition) is 0. The topological polar surface area (TPSA) is 76.2 Å². The maximum atomic E-state index is 12.9. The average Bonchev–Trinajstić information content (AvgIpc) is 2.68. The van der Waals surface area contributed by atoms with E-state index in [1.165, 1.54) is 4.31 Å². The number of rotatable bonds is 4. The minimum absolute atomic E-state index is 0.0999. The molecule has 0 aromatic heterocycles. The summed E-state index contributed by atoms with van der Waals surface area (Å²) in [6, 6.07) is 4.89. The lowest BCUT2D eigenvalue weighted by molar-refractivity contribution is -0.140. The molecule has 0 radical (unpaired) electrons. The van der Waals surface area contributed by atoms with Gasteiger partial charge in [-0.1, -0.05) is 0 Å². The first-order valence-corrected chi connectivity index (χ1v) is 10.4. The van der Waals surface area contributed by atoms with Crippen molar-refractivity contribution in [3.63, 3.8) is 0 Å². The van der Waals surface area contributed by atoms with Crippen LogP contribution in [-0.2, 0) is 19.6 Å². The van der Waals surface area contributed by atoms with Crippen molar-refractivity contribution in [1.29, 1.82) is 0 Å². The Hall–Kier alpha value is -1.64. The largest absolute Gasteiger partial charge is 0.496 e. The highest BCUT2D eigenvalue weighted by Gasteiger charge is 2.34. The summed E-state index contributed by atoms with van der Waals surface area (Å²) in [5.74, 6) is 0.696. The number of hydrogen-bond acceptors (Lipinski definition) is 5. The van der Waals surface area contributed by atoms with Crippen LogP contribution in [0, 0.1) is 12.8 Å². The Morgan fingerprint density at radius 2 is 1.81 bits per heavy atom. The fraction of sp³-hybridized carbons (Fsp3) is 0.611. The molecule has 2 aliphatic rings. The van der Waals surface area contributed by atoms with Gasteiger partial charge >= 0.3 is 0 Å². The Labute approximate surface area is 154 Å². The van der Waals surface area contributed by atoms with Crippen LogP contribution in [0.2, 0.25) is 0 Å². The zero-order valence-corrected chi connectivity index (χ0v) is 16.1. The molecule has 144 valence electrons. The van der Waals surface area contributed by atoms with Crippen molar-refractivity contribution in [2.24, 2.45) is 5.92 Å². The lowest BCUT2D eigenvalue weighted by Gasteiger charge is -2.35. The average molecular weight is 382 g/mol. The second-order valence-electron chi connectivity index (χ2n) is 6.75. The van der Waals surface area contributed by atoms with E-state index in [0.717, 1.165) is 5.56 Å². The second-order valence-corrected chi connectivity index (χ2v) is 8.69. The molecule has 2 heterocycles. The fourth-order valence-corrected chi connectivity index (χ4v) is 5.10. The number of nitrogens with zero attached hydrogens (tertiary/aromatic N) is 2. The highest BCUT2D eigenvalue weighted by molar-refractivity contribution is 7.89. The number of sulfonamides is 1. The molecule has 1 amide bonds. The van der Waals surface area contributed by atoms with E-state index in [9.17, 15) is 13.2 Å². The van der Waals surface area contributed by atoms with Gasteiger partial charge in [-0.05, 0) is 43.5 Å². The number of methoxy groups -OCH3 is 1. The first-order chi connectivity index (χ1) is 12.4. The molecule has 1 aromatic carbocycles. The summed E-state index contributed by atoms with van der Waals surface area (Å²) < 4.78 is 37.7. The number of morpholine rings is 1. The van der Waals surface area contributed by atoms with E-state index in [1.807, 2.05) is 11.8 Å². The standard InChI is InChI=1S/C18H26N2O5S/c1-14-13-16(3-4-17(14)24-2)26(22,23)20-7-5-15(6-8-20)18(21)19-9-11-25-12-10-19/h3-4,13,15H,5-12H2,1-2H3. The molecule has 1 aromatic rings. The van der Waals surface area contributed by atoms with Crippen LogP contribution >= 0.6 is 0 Å². The SMILES string of the molecule is COc1ccc(S(=O)(=O)N2CCC(C(=O)N3CCOCC3)CC2)cc1C. The molecule has 0 bridgehead atoms. The summed E-state index contributed by atoms with van der Waals surface area (Å²) in [6.07, 6.45) is 1.12. The molecule has 26 heavy (non-hydrogen) atoms. The molecule has 0 saturated carbocycles. The molecule has 0 N–H and O–H groups in total. The van der Waals surface area contributed by atoms with E-state index < -0.39 is 10.0 Å². The van der Waals surface area contributed by atoms with Gasteiger partial charge in [-0.15, -0.1) is 0 Å². The summed E-state index contributed by atoms with van der Waals surface area (Å²) >= 11 is 0. The van der Waals surface area contributed by atoms with E-state index in [0.29, 0.717) is 58.0 Å². The summed E-state index contributed by atoms with van der Waals surface area (Å²) in [5, 5.41) is 0. The molecular formula is C18H26N2O5S. The van der Waals surface area contributed by atoms with Gasteiger partial charge in [0.2, 0.25) is 15.9 Å². The van der Waals surface area contributed by atoms with Crippen LogP contribution in [0.5, 0.6) is 5.75 Å². The first-order valence-electron chi connectivity index (χ1n) is 8.95. The van der Waals surface area contributed by atoms with Crippen molar-refractivity contribution in [3.8, 4) is 5.75 Å². The Morgan fingerprint density at radius 3 is 2.38 bits per heavy atom. The predicted octanol–water partition coefficient (Wildman–Crippen LogP) is 1.26. The third kappa shape index (κ3) is 3.87. The van der Waals surface area contributed by atoms with E-state index in [2.05, 4.69) is 0 Å². The summed E-state index contributed by atoms with van der Waals surface area (Å²) in [4.78, 5) is 14.7. The third-order valence-corrected chi connectivity index (χ3v) is 7.02. The monoisotopic (exact) mass is 382 g/mol. The number of benzene rings is 1. The number of piperidine rings is 1. The number of ether oxygens (including phenoxy) is 2. The molecule has 2 aliphatic heterocycles. The lowest BCUT2D eigenvalue weighted by Crippen LogP contribution is -2.47. The molecule has 0 aliphatic carbocycles. The molecule has 3 rings (SSSR count). The van der Waals surface area contributed by atoms with Gasteiger partial charge in [0.15, 0.2) is 0 Å². The fourth-order valence-electron chi connectivity index (χ4n) is 3.55. The molecule has 8 heteroatoms. The number of carbonyl (C=O) groups excluding carboxylic acids is 1. The quantitative estimate of drug-likeness (QED) is 0.784. The van der Waals surface area contributed by atoms with E-state index in [4.69, 9.17) is 9.47 Å². The van der Waals surface area contributed by atoms with Crippen LogP contribution in [0.3, 0.4) is 0 Å². The van der Waals surface area contributed by atoms with Gasteiger partial charge in [0, 0.05) is 32.1 Å². The summed E-state index contributed by atoms with van der Waals surface area (Å²) in [6.45, 7) is 4.98. The number of amides is 1. The van der Waals surface area contributed by atoms with Crippen molar-refractivity contribution in [2.45, 2.75) is 24.7 Å². The smallest absolute Gasteiger partial charge is 0.243 e. The summed E-state index contributed by atoms with van der Waals surface area (Å²) in [7, 11) is -1.99. The van der Waals surface area contributed by atoms with Crippen molar-refractivity contribution in [1.82, 2.24) is 9.21 Å². The third-order valence-electron chi connectivity index (χ3n) is 5.13. The van der Waals surface area contributed by atoms with Gasteiger partial charge < -0.3 is 14.4 Å². The van der Waals surface area contributed by atoms with Crippen LogP contribution in [0.4, 0.5) is 0 Å². The van der Waals surface area contributed by atoms with Crippen LogP contribution in [0.1, 0.15) is 18.4 Å². The number of carbonyl (C=O) groups is 1. The molecule has 0 unspecified atom stereocenters. The molecule has 0 spiro atoms. The van der Waals surface area contributed by atoms with Crippen LogP contribution in [-0.4, -0.2) is 70.0 Å². The molecular weight excluding hydrogens is 356 g/mol. The summed E-state index contributed by atoms with van der Waals surface area (Å²) in [5.41, 5.74) is 0.783. The molecule has 0 atom stereocenters. The second kappa shape index (κ2) is 7.94. The van der Waals surface area contributed by atoms with Gasteiger partial charge in [0.05, 0.1) is 25.2 Å². The van der Waals surface area contributed by atoms with Gasteiger partial charge in [0.25, 0.3) is 0 Å². The van der Waals surface area contributed by atoms with Crippen molar-refractivity contribution >= 4 is 15.9 Å². The predicted molar refractivity (Wildman–Crippen MR) is 96.6 cm³/mol. The van der Waals surface area contributed by atoms with Crippen LogP contribution in [0.25, 0.3) is 0 Å². The Balaban J connectivity index is 1.65. The van der Waals surface area contributed by atoms with Gasteiger partial charge in [0.1, 0.15) is 5.75 Å².